The van der Waals surface area contributed by atoms with E-state index in [2.05, 4.69) is 12.1 Å². The van der Waals surface area contributed by atoms with Crippen LogP contribution in [-0.2, 0) is 20.7 Å². The van der Waals surface area contributed by atoms with Gasteiger partial charge in [0.15, 0.2) is 0 Å². The fourth-order valence-corrected chi connectivity index (χ4v) is 1.61. The Morgan fingerprint density at radius 1 is 1.18 bits per heavy atom. The van der Waals surface area contributed by atoms with Crippen LogP contribution in [0.5, 0.6) is 0 Å². The molecule has 90 valence electrons. The Morgan fingerprint density at radius 3 is 2.71 bits per heavy atom. The molecule has 2 rings (SSSR count). The summed E-state index contributed by atoms with van der Waals surface area (Å²) < 4.78 is 16.1. The van der Waals surface area contributed by atoms with Crippen molar-refractivity contribution in [1.29, 1.82) is 0 Å². The van der Waals surface area contributed by atoms with Crippen molar-refractivity contribution in [3.05, 3.63) is 47.9 Å². The van der Waals surface area contributed by atoms with Crippen molar-refractivity contribution in [2.24, 2.45) is 0 Å². The molecule has 0 saturated carbocycles. The van der Waals surface area contributed by atoms with Gasteiger partial charge in [0.2, 0.25) is 0 Å². The highest BCUT2D eigenvalue weighted by molar-refractivity contribution is 6.51. The highest BCUT2D eigenvalue weighted by atomic mass is 16.6. The largest absolute Gasteiger partial charge is 0.485 e. The molecule has 0 spiro atoms. The summed E-state index contributed by atoms with van der Waals surface area (Å²) in [7, 11) is -0.149. The summed E-state index contributed by atoms with van der Waals surface area (Å²) >= 11 is 0. The smallest absolute Gasteiger partial charge is 0.405 e. The molecule has 4 heteroatoms. The second-order valence-corrected chi connectivity index (χ2v) is 3.86. The van der Waals surface area contributed by atoms with Gasteiger partial charge in [0, 0.05) is 0 Å². The van der Waals surface area contributed by atoms with Crippen molar-refractivity contribution in [2.45, 2.75) is 13.0 Å². The Morgan fingerprint density at radius 2 is 1.94 bits per heavy atom. The first-order valence-electron chi connectivity index (χ1n) is 5.97. The summed E-state index contributed by atoms with van der Waals surface area (Å²) in [5.74, 6) is 1.94. The van der Waals surface area contributed by atoms with Crippen LogP contribution in [-0.4, -0.2) is 26.9 Å². The van der Waals surface area contributed by atoms with E-state index in [1.54, 1.807) is 0 Å². The van der Waals surface area contributed by atoms with Gasteiger partial charge >= 0.3 is 7.12 Å². The lowest BCUT2D eigenvalue weighted by molar-refractivity contribution is 0.125. The molecule has 3 nitrogen and oxygen atoms in total. The van der Waals surface area contributed by atoms with Gasteiger partial charge in [0.05, 0.1) is 26.4 Å². The van der Waals surface area contributed by atoms with Crippen LogP contribution >= 0.6 is 0 Å². The number of benzene rings is 1. The molecule has 1 saturated heterocycles. The minimum atomic E-state index is -0.149. The van der Waals surface area contributed by atoms with Crippen LogP contribution in [0.1, 0.15) is 12.0 Å². The molecule has 0 aromatic heterocycles. The lowest BCUT2D eigenvalue weighted by atomic mass is 9.90. The molecule has 1 aliphatic rings. The lowest BCUT2D eigenvalue weighted by Gasteiger charge is -2.02. The molecule has 0 amide bonds. The maximum atomic E-state index is 5.55. The Kier molecular flexibility index (Phi) is 5.29. The Hall–Kier alpha value is -1.10. The van der Waals surface area contributed by atoms with E-state index in [9.17, 15) is 0 Å². The van der Waals surface area contributed by atoms with Gasteiger partial charge in [-0.05, 0) is 12.0 Å². The Balaban J connectivity index is 1.54. The van der Waals surface area contributed by atoms with Crippen molar-refractivity contribution in [3.8, 4) is 0 Å². The topological polar surface area (TPSA) is 27.7 Å². The Bertz CT molecular complexity index is 334. The zero-order chi connectivity index (χ0) is 11.8. The van der Waals surface area contributed by atoms with Crippen LogP contribution in [0.25, 0.3) is 0 Å². The summed E-state index contributed by atoms with van der Waals surface area (Å²) in [6, 6.07) is 10.2. The zero-order valence-corrected chi connectivity index (χ0v) is 9.88. The molecule has 1 heterocycles. The average Bonchev–Trinajstić information content (AvgIpc) is 2.88. The van der Waals surface area contributed by atoms with E-state index in [-0.39, 0.29) is 7.12 Å². The lowest BCUT2D eigenvalue weighted by Crippen LogP contribution is -2.09. The summed E-state index contributed by atoms with van der Waals surface area (Å²) in [6.07, 6.45) is 2.93. The molecule has 17 heavy (non-hydrogen) atoms. The molecule has 0 atom stereocenters. The fraction of sp³-hybridized carbons (Fsp3) is 0.385. The van der Waals surface area contributed by atoms with Gasteiger partial charge in [-0.25, -0.2) is 0 Å². The van der Waals surface area contributed by atoms with Crippen LogP contribution in [0.3, 0.4) is 0 Å². The fourth-order valence-electron chi connectivity index (χ4n) is 1.61. The third-order valence-electron chi connectivity index (χ3n) is 2.48. The van der Waals surface area contributed by atoms with E-state index >= 15 is 0 Å². The molecule has 0 radical (unpaired) electrons. The van der Waals surface area contributed by atoms with Gasteiger partial charge < -0.3 is 14.0 Å². The van der Waals surface area contributed by atoms with Gasteiger partial charge in [0.25, 0.3) is 0 Å². The van der Waals surface area contributed by atoms with E-state index in [0.29, 0.717) is 19.8 Å². The highest BCUT2D eigenvalue weighted by Crippen LogP contribution is 2.02. The quantitative estimate of drug-likeness (QED) is 0.556. The van der Waals surface area contributed by atoms with Crippen molar-refractivity contribution in [1.82, 2.24) is 0 Å². The standard InChI is InChI=1S/C13H17BO3/c1-2-6-13(7-3-1)12-15-9-5-4-8-14-16-10-11-17-14/h1-4,6-8H,5,9-12H2/b8-4+. The third-order valence-corrected chi connectivity index (χ3v) is 2.48. The first kappa shape index (κ1) is 12.4. The highest BCUT2D eigenvalue weighted by Gasteiger charge is 2.18. The van der Waals surface area contributed by atoms with Crippen LogP contribution in [0.2, 0.25) is 0 Å². The molecule has 0 aliphatic carbocycles. The maximum Gasteiger partial charge on any atom is 0.485 e. The monoisotopic (exact) mass is 232 g/mol. The van der Waals surface area contributed by atoms with E-state index in [0.717, 1.165) is 13.0 Å². The molecular weight excluding hydrogens is 215 g/mol. The van der Waals surface area contributed by atoms with E-state index in [4.69, 9.17) is 14.0 Å². The van der Waals surface area contributed by atoms with Crippen LogP contribution in [0.4, 0.5) is 0 Å². The summed E-state index contributed by atoms with van der Waals surface area (Å²) in [4.78, 5) is 0. The molecular formula is C13H17BO3. The van der Waals surface area contributed by atoms with Crippen LogP contribution in [0.15, 0.2) is 42.4 Å². The minimum Gasteiger partial charge on any atom is -0.405 e. The number of rotatable bonds is 6. The SMILES string of the molecule is C(=C\B1OCCO1)/CCOCc1ccccc1. The van der Waals surface area contributed by atoms with Crippen molar-refractivity contribution in [2.75, 3.05) is 19.8 Å². The zero-order valence-electron chi connectivity index (χ0n) is 9.88. The third kappa shape index (κ3) is 4.73. The molecule has 0 N–H and O–H groups in total. The van der Waals surface area contributed by atoms with Crippen LogP contribution in [0, 0.1) is 0 Å². The second kappa shape index (κ2) is 7.27. The van der Waals surface area contributed by atoms with E-state index in [1.807, 2.05) is 30.3 Å². The molecule has 1 fully saturated rings. The van der Waals surface area contributed by atoms with Crippen LogP contribution < -0.4 is 0 Å². The number of hydrogen-bond donors (Lipinski definition) is 0. The Labute approximate surface area is 103 Å². The molecule has 1 aromatic rings. The molecule has 1 aliphatic heterocycles. The van der Waals surface area contributed by atoms with Crippen molar-refractivity contribution >= 4 is 7.12 Å². The van der Waals surface area contributed by atoms with Gasteiger partial charge in [-0.15, -0.1) is 0 Å². The second-order valence-electron chi connectivity index (χ2n) is 3.86. The van der Waals surface area contributed by atoms with Crippen molar-refractivity contribution in [3.63, 3.8) is 0 Å². The summed E-state index contributed by atoms with van der Waals surface area (Å²) in [5.41, 5.74) is 1.21. The number of ether oxygens (including phenoxy) is 1. The molecule has 1 aromatic carbocycles. The minimum absolute atomic E-state index is 0.149. The molecule has 0 unspecified atom stereocenters. The predicted octanol–water partition coefficient (Wildman–Crippen LogP) is 2.22. The van der Waals surface area contributed by atoms with Crippen molar-refractivity contribution < 1.29 is 14.0 Å². The normalized spacial score (nSPS) is 15.9. The number of hydrogen-bond acceptors (Lipinski definition) is 3. The van der Waals surface area contributed by atoms with Gasteiger partial charge in [0.1, 0.15) is 0 Å². The van der Waals surface area contributed by atoms with Gasteiger partial charge in [-0.2, -0.15) is 0 Å². The first-order valence-corrected chi connectivity index (χ1v) is 5.97. The summed E-state index contributed by atoms with van der Waals surface area (Å²) in [6.45, 7) is 2.78. The predicted molar refractivity (Wildman–Crippen MR) is 67.5 cm³/mol. The van der Waals surface area contributed by atoms with Gasteiger partial charge in [-0.3, -0.25) is 0 Å². The first-order chi connectivity index (χ1) is 8.45. The summed E-state index contributed by atoms with van der Waals surface area (Å²) in [5, 5.41) is 0. The van der Waals surface area contributed by atoms with E-state index in [1.165, 1.54) is 5.56 Å². The average molecular weight is 232 g/mol. The maximum absolute atomic E-state index is 5.55. The van der Waals surface area contributed by atoms with Gasteiger partial charge in [-0.1, -0.05) is 42.4 Å². The van der Waals surface area contributed by atoms with E-state index < -0.39 is 0 Å². The molecule has 0 bridgehead atoms.